The van der Waals surface area contributed by atoms with Crippen molar-refractivity contribution in [1.29, 1.82) is 0 Å². The molecule has 0 unspecified atom stereocenters. The lowest BCUT2D eigenvalue weighted by Crippen LogP contribution is -2.29. The van der Waals surface area contributed by atoms with Crippen molar-refractivity contribution in [2.24, 2.45) is 0 Å². The van der Waals surface area contributed by atoms with Gasteiger partial charge in [-0.25, -0.2) is 0 Å². The maximum Gasteiger partial charge on any atom is 0.136 e. The Morgan fingerprint density at radius 2 is 1.40 bits per heavy atom. The minimum atomic E-state index is -0.371. The van der Waals surface area contributed by atoms with Gasteiger partial charge in [0.2, 0.25) is 0 Å². The Morgan fingerprint density at radius 1 is 0.700 bits per heavy atom. The van der Waals surface area contributed by atoms with Gasteiger partial charge in [0.25, 0.3) is 0 Å². The minimum Gasteiger partial charge on any atom is -0.482 e. The third kappa shape index (κ3) is 2.57. The first-order valence-electron chi connectivity index (χ1n) is 10.0. The Labute approximate surface area is 179 Å². The van der Waals surface area contributed by atoms with Gasteiger partial charge in [-0.2, -0.15) is 0 Å². The molecule has 0 amide bonds. The molecule has 3 heteroatoms. The van der Waals surface area contributed by atoms with Crippen LogP contribution in [0.2, 0.25) is 5.02 Å². The van der Waals surface area contributed by atoms with Crippen molar-refractivity contribution >= 4 is 33.5 Å². The van der Waals surface area contributed by atoms with Crippen LogP contribution in [-0.4, -0.2) is 0 Å². The molecule has 4 aromatic carbocycles. The van der Waals surface area contributed by atoms with Crippen LogP contribution in [0.3, 0.4) is 0 Å². The van der Waals surface area contributed by atoms with Gasteiger partial charge in [0.05, 0.1) is 0 Å². The minimum absolute atomic E-state index is 0.371. The summed E-state index contributed by atoms with van der Waals surface area (Å²) in [5.41, 5.74) is 7.07. The van der Waals surface area contributed by atoms with Crippen LogP contribution in [0.5, 0.6) is 5.75 Å². The lowest BCUT2D eigenvalue weighted by molar-refractivity contribution is 0.106. The van der Waals surface area contributed by atoms with Crippen molar-refractivity contribution < 1.29 is 9.15 Å². The summed E-state index contributed by atoms with van der Waals surface area (Å²) in [7, 11) is 0. The highest BCUT2D eigenvalue weighted by Crippen LogP contribution is 2.46. The molecule has 146 valence electrons. The van der Waals surface area contributed by atoms with E-state index in [4.69, 9.17) is 20.8 Å². The third-order valence-electron chi connectivity index (χ3n) is 5.98. The van der Waals surface area contributed by atoms with Crippen LogP contribution in [0.15, 0.2) is 83.3 Å². The molecule has 0 aliphatic carbocycles. The highest BCUT2D eigenvalue weighted by atomic mass is 35.5. The second-order valence-corrected chi connectivity index (χ2v) is 8.76. The van der Waals surface area contributed by atoms with Gasteiger partial charge in [-0.15, -0.1) is 0 Å². The lowest BCUT2D eigenvalue weighted by atomic mass is 9.85. The van der Waals surface area contributed by atoms with E-state index in [1.807, 2.05) is 18.2 Å². The molecule has 6 rings (SSSR count). The van der Waals surface area contributed by atoms with Gasteiger partial charge in [0.1, 0.15) is 22.5 Å². The van der Waals surface area contributed by atoms with Crippen molar-refractivity contribution in [3.63, 3.8) is 0 Å². The average molecular weight is 411 g/mol. The van der Waals surface area contributed by atoms with E-state index in [1.165, 1.54) is 11.1 Å². The van der Waals surface area contributed by atoms with Gasteiger partial charge in [0, 0.05) is 33.0 Å². The van der Waals surface area contributed by atoms with Crippen LogP contribution in [-0.2, 0) is 5.60 Å². The highest BCUT2D eigenvalue weighted by Gasteiger charge is 2.32. The number of fused-ring (bicyclic) bond motifs is 6. The van der Waals surface area contributed by atoms with E-state index < -0.39 is 0 Å². The smallest absolute Gasteiger partial charge is 0.136 e. The van der Waals surface area contributed by atoms with E-state index in [0.29, 0.717) is 5.02 Å². The Morgan fingerprint density at radius 3 is 2.27 bits per heavy atom. The number of halogens is 1. The summed E-state index contributed by atoms with van der Waals surface area (Å²) >= 11 is 6.13. The fourth-order valence-electron chi connectivity index (χ4n) is 4.51. The second-order valence-electron chi connectivity index (χ2n) is 8.32. The Kier molecular flexibility index (Phi) is 3.60. The van der Waals surface area contributed by atoms with E-state index in [0.717, 1.165) is 44.4 Å². The van der Waals surface area contributed by atoms with E-state index in [-0.39, 0.29) is 5.60 Å². The molecule has 5 aromatic rings. The first-order valence-corrected chi connectivity index (χ1v) is 10.4. The molecule has 0 atom stereocenters. The summed E-state index contributed by atoms with van der Waals surface area (Å²) in [6, 6.07) is 27.0. The van der Waals surface area contributed by atoms with Gasteiger partial charge in [-0.05, 0) is 60.9 Å². The fraction of sp³-hybridized carbons (Fsp3) is 0.111. The van der Waals surface area contributed by atoms with Crippen molar-refractivity contribution in [3.8, 4) is 28.0 Å². The van der Waals surface area contributed by atoms with E-state index in [9.17, 15) is 0 Å². The second kappa shape index (κ2) is 6.13. The van der Waals surface area contributed by atoms with E-state index in [1.54, 1.807) is 0 Å². The average Bonchev–Trinajstić information content (AvgIpc) is 3.09. The summed E-state index contributed by atoms with van der Waals surface area (Å²) < 4.78 is 12.5. The molecule has 30 heavy (non-hydrogen) atoms. The Bertz CT molecular complexity index is 1460. The maximum absolute atomic E-state index is 6.42. The van der Waals surface area contributed by atoms with Crippen molar-refractivity contribution in [3.05, 3.63) is 89.4 Å². The molecule has 0 saturated carbocycles. The summed E-state index contributed by atoms with van der Waals surface area (Å²) in [5, 5.41) is 2.85. The summed E-state index contributed by atoms with van der Waals surface area (Å²) in [6.07, 6.45) is 0. The fourth-order valence-corrected chi connectivity index (χ4v) is 4.67. The normalized spacial score (nSPS) is 14.4. The first kappa shape index (κ1) is 17.6. The summed E-state index contributed by atoms with van der Waals surface area (Å²) in [4.78, 5) is 0. The molecular weight excluding hydrogens is 392 g/mol. The number of furan rings is 1. The zero-order valence-electron chi connectivity index (χ0n) is 16.7. The molecule has 1 aliphatic rings. The highest BCUT2D eigenvalue weighted by molar-refractivity contribution is 6.31. The molecule has 0 saturated heterocycles. The Hall–Kier alpha value is -3.23. The van der Waals surface area contributed by atoms with Gasteiger partial charge in [0.15, 0.2) is 0 Å². The monoisotopic (exact) mass is 410 g/mol. The third-order valence-corrected chi connectivity index (χ3v) is 6.22. The predicted molar refractivity (Wildman–Crippen MR) is 123 cm³/mol. The lowest BCUT2D eigenvalue weighted by Gasteiger charge is -2.35. The molecule has 2 nitrogen and oxygen atoms in total. The zero-order valence-corrected chi connectivity index (χ0v) is 17.5. The first-order chi connectivity index (χ1) is 14.5. The van der Waals surface area contributed by atoms with Crippen LogP contribution in [0.25, 0.3) is 44.2 Å². The quantitative estimate of drug-likeness (QED) is 0.278. The largest absolute Gasteiger partial charge is 0.482 e. The molecule has 0 radical (unpaired) electrons. The van der Waals surface area contributed by atoms with E-state index in [2.05, 4.69) is 74.5 Å². The molecule has 0 spiro atoms. The predicted octanol–water partition coefficient (Wildman–Crippen LogP) is 8.20. The topological polar surface area (TPSA) is 22.4 Å². The van der Waals surface area contributed by atoms with Gasteiger partial charge in [-0.3, -0.25) is 0 Å². The zero-order chi connectivity index (χ0) is 20.5. The van der Waals surface area contributed by atoms with Crippen molar-refractivity contribution in [2.75, 3.05) is 0 Å². The van der Waals surface area contributed by atoms with Gasteiger partial charge >= 0.3 is 0 Å². The molecule has 0 N–H and O–H groups in total. The molecule has 2 heterocycles. The Balaban J connectivity index is 1.49. The van der Waals surface area contributed by atoms with Crippen LogP contribution >= 0.6 is 11.6 Å². The van der Waals surface area contributed by atoms with Crippen LogP contribution in [0.1, 0.15) is 19.4 Å². The van der Waals surface area contributed by atoms with Crippen molar-refractivity contribution in [2.45, 2.75) is 19.4 Å². The number of hydrogen-bond acceptors (Lipinski definition) is 2. The van der Waals surface area contributed by atoms with Crippen LogP contribution < -0.4 is 4.74 Å². The maximum atomic E-state index is 6.42. The SMILES string of the molecule is CC1(C)Oc2cc(-c3ccc4c(c3)oc3cc(Cl)ccc34)ccc2-c2ccccc21. The molecule has 0 bridgehead atoms. The van der Waals surface area contributed by atoms with E-state index >= 15 is 0 Å². The molecule has 1 aliphatic heterocycles. The van der Waals surface area contributed by atoms with Gasteiger partial charge < -0.3 is 9.15 Å². The summed E-state index contributed by atoms with van der Waals surface area (Å²) in [5.74, 6) is 0.910. The van der Waals surface area contributed by atoms with Crippen LogP contribution in [0.4, 0.5) is 0 Å². The number of hydrogen-bond donors (Lipinski definition) is 0. The summed E-state index contributed by atoms with van der Waals surface area (Å²) in [6.45, 7) is 4.24. The van der Waals surface area contributed by atoms with Crippen molar-refractivity contribution in [1.82, 2.24) is 0 Å². The standard InChI is InChI=1S/C27H19ClO2/c1-27(2)23-6-4-3-5-19(23)20-10-7-17(14-26(20)30-27)16-8-11-21-22-12-9-18(28)15-25(22)29-24(21)13-16/h3-15H,1-2H3. The molecular formula is C27H19ClO2. The number of benzene rings is 4. The van der Waals surface area contributed by atoms with Crippen LogP contribution in [0, 0.1) is 0 Å². The molecule has 0 fully saturated rings. The molecule has 1 aromatic heterocycles. The number of rotatable bonds is 1. The number of ether oxygens (including phenoxy) is 1. The van der Waals surface area contributed by atoms with Gasteiger partial charge in [-0.1, -0.05) is 54.1 Å².